The summed E-state index contributed by atoms with van der Waals surface area (Å²) in [4.78, 5) is 28.2. The molecule has 0 aliphatic carbocycles. The van der Waals surface area contributed by atoms with Crippen LogP contribution in [0.15, 0.2) is 54.6 Å². The number of sulfonamides is 1. The fourth-order valence-electron chi connectivity index (χ4n) is 3.63. The number of hydrogen-bond acceptors (Lipinski definition) is 5. The third-order valence-electron chi connectivity index (χ3n) is 5.70. The van der Waals surface area contributed by atoms with Gasteiger partial charge in [-0.2, -0.15) is 0 Å². The summed E-state index contributed by atoms with van der Waals surface area (Å²) >= 11 is 0. The Labute approximate surface area is 209 Å². The molecule has 2 rings (SSSR count). The average Bonchev–Trinajstić information content (AvgIpc) is 2.83. The number of carbonyl (C=O) groups excluding carboxylic acids is 2. The summed E-state index contributed by atoms with van der Waals surface area (Å²) in [5, 5.41) is 2.96. The summed E-state index contributed by atoms with van der Waals surface area (Å²) in [6.45, 7) is 7.83. The summed E-state index contributed by atoms with van der Waals surface area (Å²) in [6, 6.07) is 15.1. The second-order valence-electron chi connectivity index (χ2n) is 8.45. The Kier molecular flexibility index (Phi) is 10.6. The van der Waals surface area contributed by atoms with Gasteiger partial charge in [0.1, 0.15) is 18.3 Å². The largest absolute Gasteiger partial charge is 0.494 e. The van der Waals surface area contributed by atoms with Gasteiger partial charge < -0.3 is 15.0 Å². The van der Waals surface area contributed by atoms with E-state index >= 15 is 0 Å². The van der Waals surface area contributed by atoms with Crippen molar-refractivity contribution >= 4 is 27.5 Å². The van der Waals surface area contributed by atoms with E-state index in [0.29, 0.717) is 24.5 Å². The van der Waals surface area contributed by atoms with Gasteiger partial charge in [-0.3, -0.25) is 13.9 Å². The van der Waals surface area contributed by atoms with Crippen LogP contribution in [0.1, 0.15) is 46.1 Å². The predicted molar refractivity (Wildman–Crippen MR) is 139 cm³/mol. The molecule has 2 aromatic carbocycles. The Hall–Kier alpha value is -3.07. The fraction of sp³-hybridized carbons (Fsp3) is 0.462. The van der Waals surface area contributed by atoms with Crippen LogP contribution in [0.3, 0.4) is 0 Å². The maximum atomic E-state index is 13.6. The Morgan fingerprint density at radius 2 is 1.60 bits per heavy atom. The number of hydrogen-bond donors (Lipinski definition) is 1. The molecule has 2 unspecified atom stereocenters. The van der Waals surface area contributed by atoms with Crippen molar-refractivity contribution in [3.8, 4) is 5.75 Å². The molecule has 0 aromatic heterocycles. The van der Waals surface area contributed by atoms with Crippen LogP contribution < -0.4 is 14.4 Å². The Morgan fingerprint density at radius 3 is 2.11 bits per heavy atom. The van der Waals surface area contributed by atoms with E-state index in [1.54, 1.807) is 24.3 Å². The molecule has 9 heteroatoms. The van der Waals surface area contributed by atoms with Crippen molar-refractivity contribution in [1.29, 1.82) is 0 Å². The van der Waals surface area contributed by atoms with E-state index in [1.165, 1.54) is 4.90 Å². The predicted octanol–water partition coefficient (Wildman–Crippen LogP) is 3.57. The zero-order valence-electron chi connectivity index (χ0n) is 21.2. The van der Waals surface area contributed by atoms with Crippen LogP contribution in [0.2, 0.25) is 0 Å². The number of nitrogens with one attached hydrogen (secondary N) is 1. The Morgan fingerprint density at radius 1 is 0.971 bits per heavy atom. The van der Waals surface area contributed by atoms with Crippen LogP contribution >= 0.6 is 0 Å². The van der Waals surface area contributed by atoms with E-state index in [2.05, 4.69) is 5.32 Å². The lowest BCUT2D eigenvalue weighted by atomic mass is 10.1. The number of ether oxygens (including phenoxy) is 1. The molecule has 0 radical (unpaired) electrons. The Bertz CT molecular complexity index is 1060. The highest BCUT2D eigenvalue weighted by atomic mass is 32.2. The number of nitrogens with zero attached hydrogens (tertiary/aromatic N) is 2. The van der Waals surface area contributed by atoms with E-state index in [4.69, 9.17) is 4.74 Å². The highest BCUT2D eigenvalue weighted by Crippen LogP contribution is 2.23. The molecule has 1 N–H and O–H groups in total. The van der Waals surface area contributed by atoms with Crippen LogP contribution in [-0.2, 0) is 26.2 Å². The quantitative estimate of drug-likeness (QED) is 0.451. The smallest absolute Gasteiger partial charge is 0.244 e. The van der Waals surface area contributed by atoms with Gasteiger partial charge in [0.15, 0.2) is 0 Å². The second kappa shape index (κ2) is 13.1. The van der Waals surface area contributed by atoms with Gasteiger partial charge in [-0.1, -0.05) is 44.2 Å². The molecule has 0 spiro atoms. The van der Waals surface area contributed by atoms with Crippen LogP contribution in [-0.4, -0.2) is 56.6 Å². The van der Waals surface area contributed by atoms with Gasteiger partial charge in [0.05, 0.1) is 18.6 Å². The molecule has 0 aliphatic heterocycles. The molecule has 0 saturated heterocycles. The second-order valence-corrected chi connectivity index (χ2v) is 10.4. The van der Waals surface area contributed by atoms with Gasteiger partial charge in [-0.05, 0) is 56.5 Å². The lowest BCUT2D eigenvalue weighted by Crippen LogP contribution is -2.53. The molecule has 35 heavy (non-hydrogen) atoms. The number of anilines is 1. The number of benzene rings is 2. The number of rotatable bonds is 13. The van der Waals surface area contributed by atoms with Crippen molar-refractivity contribution < 1.29 is 22.7 Å². The van der Waals surface area contributed by atoms with Gasteiger partial charge in [-0.15, -0.1) is 0 Å². The molecule has 0 bridgehead atoms. The first-order valence-corrected chi connectivity index (χ1v) is 13.8. The molecule has 0 fully saturated rings. The van der Waals surface area contributed by atoms with Crippen molar-refractivity contribution in [3.63, 3.8) is 0 Å². The van der Waals surface area contributed by atoms with Crippen LogP contribution in [0.5, 0.6) is 5.75 Å². The minimum atomic E-state index is -3.78. The number of amides is 2. The summed E-state index contributed by atoms with van der Waals surface area (Å²) in [5.41, 5.74) is 1.20. The van der Waals surface area contributed by atoms with Crippen LogP contribution in [0, 0.1) is 0 Å². The van der Waals surface area contributed by atoms with Gasteiger partial charge in [-0.25, -0.2) is 8.42 Å². The molecule has 8 nitrogen and oxygen atoms in total. The lowest BCUT2D eigenvalue weighted by molar-refractivity contribution is -0.140. The highest BCUT2D eigenvalue weighted by molar-refractivity contribution is 7.92. The molecule has 0 saturated carbocycles. The Balaban J connectivity index is 2.39. The molecule has 0 heterocycles. The molecular weight excluding hydrogens is 466 g/mol. The average molecular weight is 504 g/mol. The number of carbonyl (C=O) groups is 2. The first kappa shape index (κ1) is 28.2. The third-order valence-corrected chi connectivity index (χ3v) is 6.84. The SMILES string of the molecule is CCOc1ccc(N(CC(=O)N(Cc2ccccc2)C(CC)C(=O)NC(C)CC)S(C)(=O)=O)cc1. The van der Waals surface area contributed by atoms with E-state index < -0.39 is 28.5 Å². The van der Waals surface area contributed by atoms with Crippen molar-refractivity contribution in [2.24, 2.45) is 0 Å². The van der Waals surface area contributed by atoms with Crippen molar-refractivity contribution in [2.75, 3.05) is 23.7 Å². The van der Waals surface area contributed by atoms with Gasteiger partial charge in [0.25, 0.3) is 0 Å². The molecule has 2 aromatic rings. The zero-order valence-corrected chi connectivity index (χ0v) is 22.0. The first-order valence-electron chi connectivity index (χ1n) is 11.9. The van der Waals surface area contributed by atoms with Crippen molar-refractivity contribution in [2.45, 2.75) is 59.2 Å². The van der Waals surface area contributed by atoms with Crippen molar-refractivity contribution in [1.82, 2.24) is 10.2 Å². The topological polar surface area (TPSA) is 96.0 Å². The summed E-state index contributed by atoms with van der Waals surface area (Å²) in [5.74, 6) is -0.105. The third kappa shape index (κ3) is 8.28. The summed E-state index contributed by atoms with van der Waals surface area (Å²) < 4.78 is 31.8. The first-order chi connectivity index (χ1) is 16.6. The fourth-order valence-corrected chi connectivity index (χ4v) is 4.48. The van der Waals surface area contributed by atoms with E-state index in [0.717, 1.165) is 22.5 Å². The minimum Gasteiger partial charge on any atom is -0.494 e. The monoisotopic (exact) mass is 503 g/mol. The molecule has 2 atom stereocenters. The molecule has 2 amide bonds. The van der Waals surface area contributed by atoms with Crippen LogP contribution in [0.25, 0.3) is 0 Å². The maximum Gasteiger partial charge on any atom is 0.244 e. The van der Waals surface area contributed by atoms with Crippen molar-refractivity contribution in [3.05, 3.63) is 60.2 Å². The maximum absolute atomic E-state index is 13.6. The minimum absolute atomic E-state index is 0.0402. The normalized spacial score (nSPS) is 12.9. The molecule has 192 valence electrons. The standard InChI is InChI=1S/C26H37N3O5S/c1-6-20(4)27-26(31)24(7-2)28(18-21-12-10-9-11-13-21)25(30)19-29(35(5,32)33)22-14-16-23(17-15-22)34-8-3/h9-17,20,24H,6-8,18-19H2,1-5H3,(H,27,31). The molecular formula is C26H37N3O5S. The van der Waals surface area contributed by atoms with Gasteiger partial charge >= 0.3 is 0 Å². The summed E-state index contributed by atoms with van der Waals surface area (Å²) in [7, 11) is -3.78. The van der Waals surface area contributed by atoms with E-state index in [1.807, 2.05) is 58.0 Å². The highest BCUT2D eigenvalue weighted by Gasteiger charge is 2.32. The van der Waals surface area contributed by atoms with E-state index in [-0.39, 0.29) is 18.5 Å². The summed E-state index contributed by atoms with van der Waals surface area (Å²) in [6.07, 6.45) is 2.21. The van der Waals surface area contributed by atoms with Crippen LogP contribution in [0.4, 0.5) is 5.69 Å². The molecule has 0 aliphatic rings. The van der Waals surface area contributed by atoms with E-state index in [9.17, 15) is 18.0 Å². The van der Waals surface area contributed by atoms with Gasteiger partial charge in [0.2, 0.25) is 21.8 Å². The van der Waals surface area contributed by atoms with Gasteiger partial charge in [0, 0.05) is 12.6 Å². The lowest BCUT2D eigenvalue weighted by Gasteiger charge is -2.33. The zero-order chi connectivity index (χ0) is 26.0.